The molecule has 4 aromatic carbocycles. The lowest BCUT2D eigenvalue weighted by atomic mass is 9.77. The maximum absolute atomic E-state index is 14.0. The van der Waals surface area contributed by atoms with Crippen molar-refractivity contribution in [2.45, 2.75) is 83.3 Å². The second-order valence-electron chi connectivity index (χ2n) is 14.4. The fourth-order valence-electron chi connectivity index (χ4n) is 7.14. The van der Waals surface area contributed by atoms with Crippen LogP contribution in [0.2, 0.25) is 0 Å². The maximum atomic E-state index is 14.0. The number of hydrogen-bond donors (Lipinski definition) is 0. The lowest BCUT2D eigenvalue weighted by Gasteiger charge is -2.46. The molecule has 1 saturated heterocycles. The van der Waals surface area contributed by atoms with Crippen molar-refractivity contribution < 1.29 is 32.5 Å². The van der Waals surface area contributed by atoms with Crippen LogP contribution in [-0.2, 0) is 56.3 Å². The van der Waals surface area contributed by atoms with Gasteiger partial charge in [-0.05, 0) is 46.2 Å². The van der Waals surface area contributed by atoms with Crippen LogP contribution < -0.4 is 0 Å². The van der Waals surface area contributed by atoms with Crippen molar-refractivity contribution in [2.75, 3.05) is 19.8 Å². The fourth-order valence-corrected chi connectivity index (χ4v) is 7.43. The van der Waals surface area contributed by atoms with Gasteiger partial charge in [-0.25, -0.2) is 8.78 Å². The van der Waals surface area contributed by atoms with Gasteiger partial charge in [0.15, 0.2) is 0 Å². The molecule has 6 atom stereocenters. The molecule has 0 saturated carbocycles. The zero-order valence-electron chi connectivity index (χ0n) is 31.1. The molecule has 4 aromatic rings. The van der Waals surface area contributed by atoms with Gasteiger partial charge in [-0.3, -0.25) is 0 Å². The summed E-state index contributed by atoms with van der Waals surface area (Å²) in [5.74, 6) is -3.66. The second-order valence-corrected chi connectivity index (χ2v) is 14.8. The topological polar surface area (TPSA) is 46.2 Å². The molecule has 54 heavy (non-hydrogen) atoms. The quantitative estimate of drug-likeness (QED) is 0.101. The monoisotopic (exact) mass is 756 g/mol. The first-order valence-corrected chi connectivity index (χ1v) is 19.3. The average Bonchev–Trinajstić information content (AvgIpc) is 3.18. The van der Waals surface area contributed by atoms with Crippen LogP contribution in [0.4, 0.5) is 8.78 Å². The Morgan fingerprint density at radius 2 is 1.26 bits per heavy atom. The van der Waals surface area contributed by atoms with Crippen LogP contribution >= 0.6 is 11.6 Å². The van der Waals surface area contributed by atoms with Crippen molar-refractivity contribution in [1.29, 1.82) is 0 Å². The van der Waals surface area contributed by atoms with E-state index in [1.54, 1.807) is 0 Å². The van der Waals surface area contributed by atoms with Crippen LogP contribution in [0.15, 0.2) is 138 Å². The molecule has 0 bridgehead atoms. The van der Waals surface area contributed by atoms with E-state index in [9.17, 15) is 8.78 Å². The summed E-state index contributed by atoms with van der Waals surface area (Å²) in [6, 6.07) is 38.7. The van der Waals surface area contributed by atoms with E-state index < -0.39 is 24.7 Å². The Kier molecular flexibility index (Phi) is 14.6. The highest BCUT2D eigenvalue weighted by Crippen LogP contribution is 2.41. The van der Waals surface area contributed by atoms with Crippen molar-refractivity contribution in [1.82, 2.24) is 0 Å². The minimum Gasteiger partial charge on any atom is -0.375 e. The number of alkyl halides is 2. The van der Waals surface area contributed by atoms with Crippen molar-refractivity contribution in [3.05, 3.63) is 166 Å². The van der Waals surface area contributed by atoms with Gasteiger partial charge in [0.2, 0.25) is 0 Å². The van der Waals surface area contributed by atoms with E-state index in [1.807, 2.05) is 97.1 Å². The van der Waals surface area contributed by atoms with Crippen molar-refractivity contribution in [3.8, 4) is 0 Å². The van der Waals surface area contributed by atoms with E-state index in [1.165, 1.54) is 5.56 Å². The number of ether oxygens (including phenoxy) is 5. The highest BCUT2D eigenvalue weighted by molar-refractivity contribution is 6.32. The second kappa shape index (κ2) is 19.8. The Bertz CT molecular complexity index is 1760. The van der Waals surface area contributed by atoms with Gasteiger partial charge in [0.1, 0.15) is 12.7 Å². The van der Waals surface area contributed by atoms with E-state index in [0.717, 1.165) is 41.2 Å². The molecule has 1 aliphatic heterocycles. The summed E-state index contributed by atoms with van der Waals surface area (Å²) in [6.07, 6.45) is 4.48. The molecule has 1 fully saturated rings. The van der Waals surface area contributed by atoms with Gasteiger partial charge >= 0.3 is 0 Å². The van der Waals surface area contributed by atoms with E-state index >= 15 is 0 Å². The molecule has 1 heterocycles. The van der Waals surface area contributed by atoms with Gasteiger partial charge in [-0.1, -0.05) is 146 Å². The predicted molar refractivity (Wildman–Crippen MR) is 209 cm³/mol. The van der Waals surface area contributed by atoms with Crippen LogP contribution in [0.25, 0.3) is 0 Å². The van der Waals surface area contributed by atoms with Gasteiger partial charge in [0, 0.05) is 30.2 Å². The summed E-state index contributed by atoms with van der Waals surface area (Å²) in [5, 5.41) is 0.583. The summed E-state index contributed by atoms with van der Waals surface area (Å²) in [7, 11) is 0. The molecular weight excluding hydrogens is 706 g/mol. The zero-order chi connectivity index (χ0) is 37.8. The third kappa shape index (κ3) is 11.9. The standard InChI is InChI=1S/C46H51ClF2O5/c1-3-33-19-21-34(22-20-33)23-38-24-41(39(25-42(38)47)30-51-32-46(2,48)49)44-45(53-29-37-17-11-6-12-18-37)43(52-28-36-15-9-5-10-16-36)26-40(54-44)31-50-27-35-13-7-4-8-14-35/h4-22,24-25,39-41,43-45H,3,23,26-32H2,1-2H3/t39?,40-,41?,43?,44-,45+/m0/s1. The first-order valence-electron chi connectivity index (χ1n) is 18.9. The number of allylic oxidation sites excluding steroid dienone is 2. The van der Waals surface area contributed by atoms with Gasteiger partial charge in [0.05, 0.1) is 51.3 Å². The summed E-state index contributed by atoms with van der Waals surface area (Å²) in [6.45, 7) is 3.87. The Hall–Kier alpha value is -3.69. The van der Waals surface area contributed by atoms with Crippen LogP contribution in [0.5, 0.6) is 0 Å². The Labute approximate surface area is 323 Å². The van der Waals surface area contributed by atoms with Crippen molar-refractivity contribution in [2.24, 2.45) is 11.8 Å². The summed E-state index contributed by atoms with van der Waals surface area (Å²) in [5.41, 5.74) is 6.48. The molecule has 0 aromatic heterocycles. The molecule has 8 heteroatoms. The van der Waals surface area contributed by atoms with Crippen LogP contribution in [0.1, 0.15) is 48.1 Å². The van der Waals surface area contributed by atoms with Gasteiger partial charge < -0.3 is 23.7 Å². The largest absolute Gasteiger partial charge is 0.375 e. The third-order valence-electron chi connectivity index (χ3n) is 9.97. The van der Waals surface area contributed by atoms with E-state index in [-0.39, 0.29) is 30.7 Å². The minimum absolute atomic E-state index is 0.0370. The van der Waals surface area contributed by atoms with E-state index in [0.29, 0.717) is 44.3 Å². The van der Waals surface area contributed by atoms with Crippen LogP contribution in [-0.4, -0.2) is 50.2 Å². The average molecular weight is 757 g/mol. The Morgan fingerprint density at radius 3 is 1.85 bits per heavy atom. The van der Waals surface area contributed by atoms with Crippen molar-refractivity contribution >= 4 is 11.6 Å². The van der Waals surface area contributed by atoms with Crippen molar-refractivity contribution in [3.63, 3.8) is 0 Å². The molecule has 0 spiro atoms. The third-order valence-corrected chi connectivity index (χ3v) is 10.3. The molecule has 1 aliphatic carbocycles. The first-order chi connectivity index (χ1) is 26.2. The lowest BCUT2D eigenvalue weighted by Crippen LogP contribution is -2.55. The predicted octanol–water partition coefficient (Wildman–Crippen LogP) is 10.3. The molecule has 3 unspecified atom stereocenters. The highest BCUT2D eigenvalue weighted by atomic mass is 35.5. The molecular formula is C46H51ClF2O5. The summed E-state index contributed by atoms with van der Waals surface area (Å²) < 4.78 is 60.6. The van der Waals surface area contributed by atoms with Crippen LogP contribution in [0.3, 0.4) is 0 Å². The fraction of sp³-hybridized carbons (Fsp3) is 0.391. The molecule has 6 rings (SSSR count). The van der Waals surface area contributed by atoms with Gasteiger partial charge in [-0.2, -0.15) is 0 Å². The van der Waals surface area contributed by atoms with Gasteiger partial charge in [0.25, 0.3) is 5.92 Å². The SMILES string of the molecule is CCc1ccc(CC2=CC([C@@H]3O[C@H](COCc4ccccc4)CC(OCc4ccccc4)[C@H]3OCc3ccccc3)C(COCC(C)(F)F)C=C2Cl)cc1. The number of hydrogen-bond acceptors (Lipinski definition) is 5. The lowest BCUT2D eigenvalue weighted by molar-refractivity contribution is -0.229. The van der Waals surface area contributed by atoms with E-state index in [2.05, 4.69) is 37.3 Å². The molecule has 5 nitrogen and oxygen atoms in total. The molecule has 0 amide bonds. The number of rotatable bonds is 18. The zero-order valence-corrected chi connectivity index (χ0v) is 31.9. The van der Waals surface area contributed by atoms with E-state index in [4.69, 9.17) is 35.3 Å². The highest BCUT2D eigenvalue weighted by Gasteiger charge is 2.46. The number of halogens is 3. The van der Waals surface area contributed by atoms with Crippen LogP contribution in [0, 0.1) is 11.8 Å². The molecule has 0 radical (unpaired) electrons. The molecule has 2 aliphatic rings. The summed E-state index contributed by atoms with van der Waals surface area (Å²) in [4.78, 5) is 0. The summed E-state index contributed by atoms with van der Waals surface area (Å²) >= 11 is 7.01. The molecule has 0 N–H and O–H groups in total. The Morgan fingerprint density at radius 1 is 0.685 bits per heavy atom. The molecule has 286 valence electrons. The number of aryl methyl sites for hydroxylation is 1. The van der Waals surface area contributed by atoms with Gasteiger partial charge in [-0.15, -0.1) is 0 Å². The first kappa shape index (κ1) is 40.0. The Balaban J connectivity index is 1.33. The number of benzene rings is 4. The minimum atomic E-state index is -2.97. The maximum Gasteiger partial charge on any atom is 0.268 e. The smallest absolute Gasteiger partial charge is 0.268 e. The normalized spacial score (nSPS) is 23.1.